The summed E-state index contributed by atoms with van der Waals surface area (Å²) in [6.07, 6.45) is 0.727. The Hall–Kier alpha value is -2.14. The van der Waals surface area contributed by atoms with Crippen molar-refractivity contribution in [2.45, 2.75) is 39.8 Å². The molecule has 5 nitrogen and oxygen atoms in total. The topological polar surface area (TPSA) is 58.4 Å². The van der Waals surface area contributed by atoms with Gasteiger partial charge in [-0.1, -0.05) is 41.9 Å². The molecule has 2 aromatic rings. The van der Waals surface area contributed by atoms with Gasteiger partial charge in [-0.3, -0.25) is 9.69 Å². The molecule has 1 heterocycles. The van der Waals surface area contributed by atoms with Gasteiger partial charge in [0.1, 0.15) is 5.76 Å². The van der Waals surface area contributed by atoms with Gasteiger partial charge >= 0.3 is 0 Å². The van der Waals surface area contributed by atoms with E-state index in [9.17, 15) is 4.79 Å². The van der Waals surface area contributed by atoms with Crippen LogP contribution in [0.3, 0.4) is 0 Å². The monoisotopic (exact) mass is 301 g/mol. The van der Waals surface area contributed by atoms with Crippen LogP contribution in [0.5, 0.6) is 0 Å². The van der Waals surface area contributed by atoms with Gasteiger partial charge in [0.25, 0.3) is 0 Å². The fourth-order valence-corrected chi connectivity index (χ4v) is 2.42. The second-order valence-electron chi connectivity index (χ2n) is 5.64. The standard InChI is InChI=1S/C17H23N3O2/c1-5-15(17(21)18-16-10-13(3)22-19-16)20(4)11-14-8-6-12(2)7-9-14/h6-10,15H,5,11H2,1-4H3,(H,18,19,21). The van der Waals surface area contributed by atoms with E-state index in [4.69, 9.17) is 4.52 Å². The normalized spacial score (nSPS) is 12.4. The number of anilines is 1. The van der Waals surface area contributed by atoms with Crippen LogP contribution in [0.25, 0.3) is 0 Å². The molecule has 1 unspecified atom stereocenters. The molecule has 0 bridgehead atoms. The molecule has 22 heavy (non-hydrogen) atoms. The molecular formula is C17H23N3O2. The highest BCUT2D eigenvalue weighted by atomic mass is 16.5. The van der Waals surface area contributed by atoms with Crippen molar-refractivity contribution < 1.29 is 9.32 Å². The van der Waals surface area contributed by atoms with Gasteiger partial charge in [-0.25, -0.2) is 0 Å². The molecule has 0 saturated carbocycles. The van der Waals surface area contributed by atoms with E-state index in [0.717, 1.165) is 13.0 Å². The first-order valence-corrected chi connectivity index (χ1v) is 7.49. The summed E-state index contributed by atoms with van der Waals surface area (Å²) in [4.78, 5) is 14.5. The lowest BCUT2D eigenvalue weighted by molar-refractivity contribution is -0.121. The highest BCUT2D eigenvalue weighted by Crippen LogP contribution is 2.13. The van der Waals surface area contributed by atoms with E-state index in [1.54, 1.807) is 13.0 Å². The summed E-state index contributed by atoms with van der Waals surface area (Å²) in [5.74, 6) is 1.08. The summed E-state index contributed by atoms with van der Waals surface area (Å²) in [7, 11) is 1.96. The van der Waals surface area contributed by atoms with E-state index in [0.29, 0.717) is 11.6 Å². The van der Waals surface area contributed by atoms with Crippen molar-refractivity contribution in [3.8, 4) is 0 Å². The van der Waals surface area contributed by atoms with Crippen molar-refractivity contribution >= 4 is 11.7 Å². The van der Waals surface area contributed by atoms with Crippen molar-refractivity contribution in [1.82, 2.24) is 10.1 Å². The predicted molar refractivity (Wildman–Crippen MR) is 86.6 cm³/mol. The van der Waals surface area contributed by atoms with Gasteiger partial charge in [-0.2, -0.15) is 0 Å². The van der Waals surface area contributed by atoms with E-state index in [1.165, 1.54) is 11.1 Å². The van der Waals surface area contributed by atoms with Gasteiger partial charge in [0.05, 0.1) is 6.04 Å². The Morgan fingerprint density at radius 3 is 2.55 bits per heavy atom. The number of nitrogens with zero attached hydrogens (tertiary/aromatic N) is 2. The molecule has 0 spiro atoms. The van der Waals surface area contributed by atoms with Crippen molar-refractivity contribution in [1.29, 1.82) is 0 Å². The zero-order valence-corrected chi connectivity index (χ0v) is 13.6. The number of hydrogen-bond acceptors (Lipinski definition) is 4. The van der Waals surface area contributed by atoms with Crippen molar-refractivity contribution in [2.24, 2.45) is 0 Å². The first kappa shape index (κ1) is 16.2. The number of carbonyl (C=O) groups excluding carboxylic acids is 1. The predicted octanol–water partition coefficient (Wildman–Crippen LogP) is 3.14. The Labute approximate surface area is 131 Å². The summed E-state index contributed by atoms with van der Waals surface area (Å²) >= 11 is 0. The number of likely N-dealkylation sites (N-methyl/N-ethyl adjacent to an activating group) is 1. The number of aromatic nitrogens is 1. The molecule has 1 N–H and O–H groups in total. The fraction of sp³-hybridized carbons (Fsp3) is 0.412. The van der Waals surface area contributed by atoms with Gasteiger partial charge in [-0.15, -0.1) is 0 Å². The van der Waals surface area contributed by atoms with Crippen LogP contribution in [-0.4, -0.2) is 29.1 Å². The van der Waals surface area contributed by atoms with Crippen LogP contribution in [0.1, 0.15) is 30.2 Å². The summed E-state index contributed by atoms with van der Waals surface area (Å²) in [6.45, 7) is 6.59. The lowest BCUT2D eigenvalue weighted by Gasteiger charge is -2.25. The Morgan fingerprint density at radius 2 is 2.00 bits per heavy atom. The van der Waals surface area contributed by atoms with Crippen LogP contribution in [0.15, 0.2) is 34.9 Å². The van der Waals surface area contributed by atoms with Crippen LogP contribution in [0, 0.1) is 13.8 Å². The third kappa shape index (κ3) is 4.18. The first-order valence-electron chi connectivity index (χ1n) is 7.49. The number of amides is 1. The van der Waals surface area contributed by atoms with Gasteiger partial charge in [-0.05, 0) is 32.9 Å². The maximum Gasteiger partial charge on any atom is 0.242 e. The number of aryl methyl sites for hydroxylation is 2. The molecule has 0 aliphatic rings. The number of rotatable bonds is 6. The third-order valence-corrected chi connectivity index (χ3v) is 3.65. The first-order chi connectivity index (χ1) is 10.5. The van der Waals surface area contributed by atoms with Crippen molar-refractivity contribution in [3.05, 3.63) is 47.2 Å². The third-order valence-electron chi connectivity index (χ3n) is 3.65. The van der Waals surface area contributed by atoms with Gasteiger partial charge in [0, 0.05) is 12.6 Å². The van der Waals surface area contributed by atoms with Gasteiger partial charge in [0.15, 0.2) is 5.82 Å². The highest BCUT2D eigenvalue weighted by molar-refractivity contribution is 5.93. The number of carbonyl (C=O) groups is 1. The molecule has 0 aliphatic carbocycles. The Kier molecular flexibility index (Phi) is 5.33. The minimum absolute atomic E-state index is 0.0644. The maximum atomic E-state index is 12.4. The van der Waals surface area contributed by atoms with E-state index < -0.39 is 0 Å². The van der Waals surface area contributed by atoms with Crippen LogP contribution in [-0.2, 0) is 11.3 Å². The molecule has 2 rings (SSSR count). The quantitative estimate of drug-likeness (QED) is 0.890. The molecule has 1 aromatic heterocycles. The van der Waals surface area contributed by atoms with E-state index >= 15 is 0 Å². The SMILES string of the molecule is CCC(C(=O)Nc1cc(C)on1)N(C)Cc1ccc(C)cc1. The van der Waals surface area contributed by atoms with Crippen LogP contribution >= 0.6 is 0 Å². The second kappa shape index (κ2) is 7.22. The van der Waals surface area contributed by atoms with E-state index in [1.807, 2.05) is 18.9 Å². The zero-order chi connectivity index (χ0) is 16.1. The molecular weight excluding hydrogens is 278 g/mol. The second-order valence-corrected chi connectivity index (χ2v) is 5.64. The Morgan fingerprint density at radius 1 is 1.32 bits per heavy atom. The van der Waals surface area contributed by atoms with Gasteiger partial charge in [0.2, 0.25) is 5.91 Å². The lowest BCUT2D eigenvalue weighted by atomic mass is 10.1. The minimum atomic E-state index is -0.210. The summed E-state index contributed by atoms with van der Waals surface area (Å²) in [5, 5.41) is 6.60. The van der Waals surface area contributed by atoms with Crippen LogP contribution in [0.2, 0.25) is 0 Å². The van der Waals surface area contributed by atoms with Crippen molar-refractivity contribution in [3.63, 3.8) is 0 Å². The summed E-state index contributed by atoms with van der Waals surface area (Å²) in [5.41, 5.74) is 2.43. The molecule has 0 radical (unpaired) electrons. The molecule has 1 aromatic carbocycles. The molecule has 5 heteroatoms. The number of benzene rings is 1. The smallest absolute Gasteiger partial charge is 0.242 e. The number of hydrogen-bond donors (Lipinski definition) is 1. The zero-order valence-electron chi connectivity index (χ0n) is 13.6. The molecule has 0 fully saturated rings. The minimum Gasteiger partial charge on any atom is -0.360 e. The Balaban J connectivity index is 1.99. The summed E-state index contributed by atoms with van der Waals surface area (Å²) in [6, 6.07) is 9.86. The average Bonchev–Trinajstić information content (AvgIpc) is 2.87. The van der Waals surface area contributed by atoms with E-state index in [2.05, 4.69) is 41.7 Å². The fourth-order valence-electron chi connectivity index (χ4n) is 2.42. The van der Waals surface area contributed by atoms with Gasteiger partial charge < -0.3 is 9.84 Å². The molecule has 0 aliphatic heterocycles. The lowest BCUT2D eigenvalue weighted by Crippen LogP contribution is -2.41. The Bertz CT molecular complexity index is 619. The largest absolute Gasteiger partial charge is 0.360 e. The molecule has 1 amide bonds. The molecule has 118 valence electrons. The average molecular weight is 301 g/mol. The van der Waals surface area contributed by atoms with Crippen molar-refractivity contribution in [2.75, 3.05) is 12.4 Å². The maximum absolute atomic E-state index is 12.4. The van der Waals surface area contributed by atoms with E-state index in [-0.39, 0.29) is 11.9 Å². The summed E-state index contributed by atoms with van der Waals surface area (Å²) < 4.78 is 4.97. The van der Waals surface area contributed by atoms with Crippen LogP contribution in [0.4, 0.5) is 5.82 Å². The molecule has 1 atom stereocenters. The van der Waals surface area contributed by atoms with Crippen LogP contribution < -0.4 is 5.32 Å². The molecule has 0 saturated heterocycles. The highest BCUT2D eigenvalue weighted by Gasteiger charge is 2.22. The number of nitrogens with one attached hydrogen (secondary N) is 1.